The molecule has 1 N–H and O–H groups in total. The highest BCUT2D eigenvalue weighted by Crippen LogP contribution is 2.22. The largest absolute Gasteiger partial charge is 0.351 e. The van der Waals surface area contributed by atoms with Gasteiger partial charge in [-0.05, 0) is 39.5 Å². The highest BCUT2D eigenvalue weighted by atomic mass is 79.9. The quantitative estimate of drug-likeness (QED) is 0.774. The van der Waals surface area contributed by atoms with E-state index in [-0.39, 0.29) is 11.3 Å². The molecule has 1 amide bonds. The van der Waals surface area contributed by atoms with Crippen LogP contribution in [0.15, 0.2) is 22.7 Å². The minimum absolute atomic E-state index is 0.0285. The summed E-state index contributed by atoms with van der Waals surface area (Å²) in [7, 11) is 0. The fourth-order valence-electron chi connectivity index (χ4n) is 1.13. The van der Waals surface area contributed by atoms with E-state index >= 15 is 0 Å². The van der Waals surface area contributed by atoms with Crippen molar-refractivity contribution in [3.05, 3.63) is 33.3 Å². The number of hydrogen-bond acceptors (Lipinski definition) is 1. The Morgan fingerprint density at radius 1 is 1.47 bits per heavy atom. The maximum Gasteiger partial charge on any atom is 0.252 e. The number of carbonyl (C=O) groups is 1. The first-order valence-electron chi connectivity index (χ1n) is 5.15. The molecule has 0 unspecified atom stereocenters. The van der Waals surface area contributed by atoms with Gasteiger partial charge in [-0.3, -0.25) is 4.79 Å². The van der Waals surface area contributed by atoms with Gasteiger partial charge >= 0.3 is 0 Å². The lowest BCUT2D eigenvalue weighted by Gasteiger charge is -2.22. The molecule has 0 fully saturated rings. The summed E-state index contributed by atoms with van der Waals surface area (Å²) in [5, 5.41) is 4.28. The summed E-state index contributed by atoms with van der Waals surface area (Å²) in [5.74, 6) is -0.117. The maximum absolute atomic E-state index is 12.0. The molecule has 0 heterocycles. The zero-order valence-electron chi connectivity index (χ0n) is 9.69. The van der Waals surface area contributed by atoms with Crippen LogP contribution in [-0.4, -0.2) is 17.8 Å². The predicted octanol–water partition coefficient (Wildman–Crippen LogP) is 4.25. The van der Waals surface area contributed by atoms with E-state index in [2.05, 4.69) is 51.0 Å². The molecule has 0 aliphatic heterocycles. The smallest absolute Gasteiger partial charge is 0.252 e. The average Bonchev–Trinajstić information content (AvgIpc) is 2.29. The van der Waals surface area contributed by atoms with Crippen molar-refractivity contribution in [2.75, 3.05) is 11.9 Å². The molecule has 2 nitrogen and oxygen atoms in total. The number of carbonyl (C=O) groups excluding carboxylic acids is 1. The second-order valence-corrected chi connectivity index (χ2v) is 6.46. The summed E-state index contributed by atoms with van der Waals surface area (Å²) in [5.41, 5.74) is 0.587. The van der Waals surface area contributed by atoms with E-state index in [0.29, 0.717) is 17.1 Å². The van der Waals surface area contributed by atoms with Gasteiger partial charge in [-0.25, -0.2) is 0 Å². The monoisotopic (exact) mass is 381 g/mol. The first kappa shape index (κ1) is 15.0. The second-order valence-electron chi connectivity index (χ2n) is 4.60. The van der Waals surface area contributed by atoms with Crippen molar-refractivity contribution in [2.45, 2.75) is 13.8 Å². The molecule has 94 valence electrons. The Hall–Kier alpha value is -0.0600. The topological polar surface area (TPSA) is 29.1 Å². The third kappa shape index (κ3) is 4.60. The van der Waals surface area contributed by atoms with Crippen LogP contribution in [0.5, 0.6) is 0 Å². The minimum Gasteiger partial charge on any atom is -0.351 e. The van der Waals surface area contributed by atoms with Crippen molar-refractivity contribution in [2.24, 2.45) is 5.41 Å². The lowest BCUT2D eigenvalue weighted by Crippen LogP contribution is -2.35. The van der Waals surface area contributed by atoms with E-state index in [1.54, 1.807) is 18.2 Å². The van der Waals surface area contributed by atoms with Crippen LogP contribution in [0.3, 0.4) is 0 Å². The van der Waals surface area contributed by atoms with Crippen LogP contribution in [0.1, 0.15) is 24.2 Å². The first-order valence-corrected chi connectivity index (χ1v) is 7.44. The van der Waals surface area contributed by atoms with Crippen molar-refractivity contribution in [1.82, 2.24) is 5.32 Å². The van der Waals surface area contributed by atoms with Crippen LogP contribution in [0, 0.1) is 5.41 Å². The molecule has 17 heavy (non-hydrogen) atoms. The zero-order chi connectivity index (χ0) is 13.1. The summed E-state index contributed by atoms with van der Waals surface area (Å²) in [6.45, 7) is 4.76. The standard InChI is InChI=1S/C12H14Br2ClNO/c1-12(2,6-13)7-16-11(17)9-5-8(15)3-4-10(9)14/h3-5H,6-7H2,1-2H3,(H,16,17). The van der Waals surface area contributed by atoms with E-state index in [4.69, 9.17) is 11.6 Å². The maximum atomic E-state index is 12.0. The van der Waals surface area contributed by atoms with E-state index in [0.717, 1.165) is 9.80 Å². The van der Waals surface area contributed by atoms with Gasteiger partial charge in [0.25, 0.3) is 5.91 Å². The van der Waals surface area contributed by atoms with Crippen LogP contribution in [0.4, 0.5) is 0 Å². The number of halogens is 3. The lowest BCUT2D eigenvalue weighted by molar-refractivity contribution is 0.0939. The van der Waals surface area contributed by atoms with Crippen LogP contribution in [0.25, 0.3) is 0 Å². The molecule has 0 saturated carbocycles. The van der Waals surface area contributed by atoms with E-state index in [9.17, 15) is 4.79 Å². The molecule has 0 aromatic heterocycles. The fourth-order valence-corrected chi connectivity index (χ4v) is 1.93. The van der Waals surface area contributed by atoms with Crippen LogP contribution in [0.2, 0.25) is 5.02 Å². The molecule has 0 spiro atoms. The normalized spacial score (nSPS) is 11.4. The van der Waals surface area contributed by atoms with Gasteiger partial charge in [0, 0.05) is 21.4 Å². The van der Waals surface area contributed by atoms with Gasteiger partial charge in [0.05, 0.1) is 5.56 Å². The number of nitrogens with one attached hydrogen (secondary N) is 1. The van der Waals surface area contributed by atoms with E-state index in [1.165, 1.54) is 0 Å². The molecule has 1 aromatic carbocycles. The Morgan fingerprint density at radius 3 is 2.71 bits per heavy atom. The SMILES string of the molecule is CC(C)(CBr)CNC(=O)c1cc(Cl)ccc1Br. The number of amides is 1. The van der Waals surface area contributed by atoms with E-state index in [1.807, 2.05) is 0 Å². The van der Waals surface area contributed by atoms with Gasteiger partial charge in [0.2, 0.25) is 0 Å². The number of alkyl halides is 1. The molecule has 0 aliphatic carbocycles. The summed E-state index contributed by atoms with van der Waals surface area (Å²) in [4.78, 5) is 12.0. The Balaban J connectivity index is 2.74. The molecule has 0 bridgehead atoms. The van der Waals surface area contributed by atoms with Gasteiger partial charge in [-0.1, -0.05) is 41.4 Å². The highest BCUT2D eigenvalue weighted by molar-refractivity contribution is 9.10. The predicted molar refractivity (Wildman–Crippen MR) is 79.1 cm³/mol. The molecule has 0 saturated heterocycles. The van der Waals surface area contributed by atoms with Crippen molar-refractivity contribution >= 4 is 49.4 Å². The van der Waals surface area contributed by atoms with Crippen LogP contribution >= 0.6 is 43.5 Å². The van der Waals surface area contributed by atoms with E-state index < -0.39 is 0 Å². The second kappa shape index (κ2) is 6.21. The zero-order valence-corrected chi connectivity index (χ0v) is 13.6. The molecular formula is C12H14Br2ClNO. The average molecular weight is 384 g/mol. The first-order chi connectivity index (χ1) is 7.85. The molecule has 0 aliphatic rings. The Bertz CT molecular complexity index is 421. The highest BCUT2D eigenvalue weighted by Gasteiger charge is 2.18. The van der Waals surface area contributed by atoms with Gasteiger partial charge < -0.3 is 5.32 Å². The summed E-state index contributed by atoms with van der Waals surface area (Å²) < 4.78 is 0.746. The lowest BCUT2D eigenvalue weighted by atomic mass is 9.97. The molecule has 0 radical (unpaired) electrons. The minimum atomic E-state index is -0.117. The molecular weight excluding hydrogens is 369 g/mol. The summed E-state index contributed by atoms with van der Waals surface area (Å²) >= 11 is 12.6. The van der Waals surface area contributed by atoms with Crippen molar-refractivity contribution < 1.29 is 4.79 Å². The summed E-state index contributed by atoms with van der Waals surface area (Å²) in [6, 6.07) is 5.17. The van der Waals surface area contributed by atoms with Crippen LogP contribution in [-0.2, 0) is 0 Å². The molecule has 0 atom stereocenters. The number of hydrogen-bond donors (Lipinski definition) is 1. The Labute approximate surface area is 123 Å². The van der Waals surface area contributed by atoms with Crippen LogP contribution < -0.4 is 5.32 Å². The third-order valence-corrected chi connectivity index (χ3v) is 4.71. The number of rotatable bonds is 4. The van der Waals surface area contributed by atoms with Gasteiger partial charge in [0.15, 0.2) is 0 Å². The Morgan fingerprint density at radius 2 is 2.12 bits per heavy atom. The molecule has 5 heteroatoms. The van der Waals surface area contributed by atoms with Gasteiger partial charge in [-0.2, -0.15) is 0 Å². The molecule has 1 aromatic rings. The van der Waals surface area contributed by atoms with Crippen molar-refractivity contribution in [3.63, 3.8) is 0 Å². The summed E-state index contributed by atoms with van der Waals surface area (Å²) in [6.07, 6.45) is 0. The Kier molecular flexibility index (Phi) is 5.48. The van der Waals surface area contributed by atoms with Crippen molar-refractivity contribution in [1.29, 1.82) is 0 Å². The molecule has 1 rings (SSSR count). The third-order valence-electron chi connectivity index (χ3n) is 2.26. The van der Waals surface area contributed by atoms with Gasteiger partial charge in [-0.15, -0.1) is 0 Å². The fraction of sp³-hybridized carbons (Fsp3) is 0.417. The van der Waals surface area contributed by atoms with Gasteiger partial charge in [0.1, 0.15) is 0 Å². The van der Waals surface area contributed by atoms with Crippen molar-refractivity contribution in [3.8, 4) is 0 Å². The number of benzene rings is 1.